The molecule has 88 valence electrons. The third-order valence-corrected chi connectivity index (χ3v) is 2.80. The van der Waals surface area contributed by atoms with Crippen molar-refractivity contribution in [1.29, 1.82) is 0 Å². The van der Waals surface area contributed by atoms with Gasteiger partial charge in [0.05, 0.1) is 0 Å². The summed E-state index contributed by atoms with van der Waals surface area (Å²) in [6.45, 7) is 1.97. The summed E-state index contributed by atoms with van der Waals surface area (Å²) in [6.07, 6.45) is 2.47. The Morgan fingerprint density at radius 1 is 1.18 bits per heavy atom. The van der Waals surface area contributed by atoms with Crippen molar-refractivity contribution in [1.82, 2.24) is 4.57 Å². The SMILES string of the molecule is CC(Cc1ccccc1)n1cccc(O)c1=O. The van der Waals surface area contributed by atoms with Gasteiger partial charge in [-0.25, -0.2) is 0 Å². The molecule has 17 heavy (non-hydrogen) atoms. The first-order valence-corrected chi connectivity index (χ1v) is 5.62. The number of pyridine rings is 1. The minimum absolute atomic E-state index is 0.0250. The standard InChI is InChI=1S/C14H15NO2/c1-11(10-12-6-3-2-4-7-12)15-9-5-8-13(16)14(15)17/h2-9,11,16H,10H2,1H3. The first-order chi connectivity index (χ1) is 8.18. The molecular weight excluding hydrogens is 214 g/mol. The topological polar surface area (TPSA) is 42.2 Å². The van der Waals surface area contributed by atoms with E-state index in [9.17, 15) is 9.90 Å². The highest BCUT2D eigenvalue weighted by molar-refractivity contribution is 5.18. The summed E-state index contributed by atoms with van der Waals surface area (Å²) in [5, 5.41) is 9.38. The highest BCUT2D eigenvalue weighted by Gasteiger charge is 2.09. The molecule has 0 saturated carbocycles. The molecule has 0 aliphatic rings. The maximum atomic E-state index is 11.7. The molecule has 0 saturated heterocycles. The first kappa shape index (κ1) is 11.5. The maximum Gasteiger partial charge on any atom is 0.292 e. The van der Waals surface area contributed by atoms with Crippen LogP contribution in [0.1, 0.15) is 18.5 Å². The number of nitrogens with zero attached hydrogens (tertiary/aromatic N) is 1. The van der Waals surface area contributed by atoms with E-state index < -0.39 is 0 Å². The van der Waals surface area contributed by atoms with E-state index >= 15 is 0 Å². The lowest BCUT2D eigenvalue weighted by Crippen LogP contribution is -2.23. The van der Waals surface area contributed by atoms with Crippen molar-refractivity contribution in [3.05, 3.63) is 64.6 Å². The van der Waals surface area contributed by atoms with Crippen LogP contribution in [0.3, 0.4) is 0 Å². The van der Waals surface area contributed by atoms with Gasteiger partial charge < -0.3 is 9.67 Å². The van der Waals surface area contributed by atoms with Crippen molar-refractivity contribution in [2.24, 2.45) is 0 Å². The highest BCUT2D eigenvalue weighted by atomic mass is 16.3. The van der Waals surface area contributed by atoms with Crippen LogP contribution in [-0.4, -0.2) is 9.67 Å². The molecule has 2 aromatic rings. The van der Waals surface area contributed by atoms with Gasteiger partial charge in [0.25, 0.3) is 5.56 Å². The van der Waals surface area contributed by atoms with Crippen LogP contribution < -0.4 is 5.56 Å². The number of aromatic nitrogens is 1. The van der Waals surface area contributed by atoms with Gasteiger partial charge in [0.1, 0.15) is 0 Å². The summed E-state index contributed by atoms with van der Waals surface area (Å²) in [5.41, 5.74) is 0.839. The van der Waals surface area contributed by atoms with Crippen molar-refractivity contribution in [2.45, 2.75) is 19.4 Å². The molecule has 1 atom stereocenters. The predicted molar refractivity (Wildman–Crippen MR) is 67.2 cm³/mol. The second kappa shape index (κ2) is 4.87. The van der Waals surface area contributed by atoms with Crippen LogP contribution in [-0.2, 0) is 6.42 Å². The lowest BCUT2D eigenvalue weighted by atomic mass is 10.1. The van der Waals surface area contributed by atoms with Gasteiger partial charge >= 0.3 is 0 Å². The lowest BCUT2D eigenvalue weighted by molar-refractivity contribution is 0.442. The van der Waals surface area contributed by atoms with Gasteiger partial charge in [-0.2, -0.15) is 0 Å². The van der Waals surface area contributed by atoms with E-state index in [1.807, 2.05) is 37.3 Å². The molecule has 0 bridgehead atoms. The van der Waals surface area contributed by atoms with Crippen LogP contribution in [0.4, 0.5) is 0 Å². The average molecular weight is 229 g/mol. The monoisotopic (exact) mass is 229 g/mol. The zero-order chi connectivity index (χ0) is 12.3. The third-order valence-electron chi connectivity index (χ3n) is 2.80. The Kier molecular flexibility index (Phi) is 3.28. The molecule has 0 radical (unpaired) electrons. The Labute approximate surface area is 100.0 Å². The largest absolute Gasteiger partial charge is 0.503 e. The second-order valence-corrected chi connectivity index (χ2v) is 4.14. The first-order valence-electron chi connectivity index (χ1n) is 5.62. The molecule has 0 aliphatic heterocycles. The van der Waals surface area contributed by atoms with Crippen molar-refractivity contribution >= 4 is 0 Å². The van der Waals surface area contributed by atoms with Crippen LogP contribution >= 0.6 is 0 Å². The summed E-state index contributed by atoms with van der Waals surface area (Å²) in [6, 6.07) is 13.1. The number of hydrogen-bond acceptors (Lipinski definition) is 2. The Bertz CT molecular complexity index is 546. The van der Waals surface area contributed by atoms with E-state index in [1.54, 1.807) is 16.8 Å². The van der Waals surface area contributed by atoms with E-state index in [0.717, 1.165) is 6.42 Å². The minimum atomic E-state index is -0.337. The fourth-order valence-corrected chi connectivity index (χ4v) is 1.90. The van der Waals surface area contributed by atoms with Crippen LogP contribution in [0.2, 0.25) is 0 Å². The van der Waals surface area contributed by atoms with Crippen molar-refractivity contribution in [3.63, 3.8) is 0 Å². The van der Waals surface area contributed by atoms with Crippen LogP contribution in [0.5, 0.6) is 5.75 Å². The van der Waals surface area contributed by atoms with Crippen molar-refractivity contribution in [2.75, 3.05) is 0 Å². The molecule has 0 spiro atoms. The molecule has 0 aliphatic carbocycles. The van der Waals surface area contributed by atoms with Gasteiger partial charge in [-0.1, -0.05) is 30.3 Å². The number of benzene rings is 1. The Morgan fingerprint density at radius 2 is 1.88 bits per heavy atom. The molecular formula is C14H15NO2. The predicted octanol–water partition coefficient (Wildman–Crippen LogP) is 2.36. The molecule has 1 aromatic heterocycles. The molecule has 0 fully saturated rings. The zero-order valence-corrected chi connectivity index (χ0v) is 9.71. The Hall–Kier alpha value is -2.03. The fraction of sp³-hybridized carbons (Fsp3) is 0.214. The van der Waals surface area contributed by atoms with Gasteiger partial charge in [0.15, 0.2) is 5.75 Å². The summed E-state index contributed by atoms with van der Waals surface area (Å²) in [7, 11) is 0. The third kappa shape index (κ3) is 2.56. The maximum absolute atomic E-state index is 11.7. The highest BCUT2D eigenvalue weighted by Crippen LogP contribution is 2.12. The normalized spacial score (nSPS) is 12.3. The summed E-state index contributed by atoms with van der Waals surface area (Å²) < 4.78 is 1.56. The number of rotatable bonds is 3. The van der Waals surface area contributed by atoms with Crippen molar-refractivity contribution < 1.29 is 5.11 Å². The summed E-state index contributed by atoms with van der Waals surface area (Å²) in [5.74, 6) is -0.201. The van der Waals surface area contributed by atoms with Crippen molar-refractivity contribution in [3.8, 4) is 5.75 Å². The Balaban J connectivity index is 2.24. The van der Waals surface area contributed by atoms with Gasteiger partial charge in [-0.3, -0.25) is 4.79 Å². The molecule has 2 rings (SSSR count). The van der Waals surface area contributed by atoms with Crippen LogP contribution in [0.25, 0.3) is 0 Å². The van der Waals surface area contributed by atoms with Gasteiger partial charge in [0, 0.05) is 12.2 Å². The smallest absolute Gasteiger partial charge is 0.292 e. The summed E-state index contributed by atoms with van der Waals surface area (Å²) >= 11 is 0. The van der Waals surface area contributed by atoms with E-state index in [-0.39, 0.29) is 17.4 Å². The lowest BCUT2D eigenvalue weighted by Gasteiger charge is -2.15. The summed E-state index contributed by atoms with van der Waals surface area (Å²) in [4.78, 5) is 11.7. The molecule has 3 nitrogen and oxygen atoms in total. The molecule has 1 unspecified atom stereocenters. The molecule has 3 heteroatoms. The molecule has 1 N–H and O–H groups in total. The Morgan fingerprint density at radius 3 is 2.59 bits per heavy atom. The van der Waals surface area contributed by atoms with Crippen LogP contribution in [0.15, 0.2) is 53.5 Å². The van der Waals surface area contributed by atoms with Crippen LogP contribution in [0, 0.1) is 0 Å². The van der Waals surface area contributed by atoms with Gasteiger partial charge in [0.2, 0.25) is 0 Å². The second-order valence-electron chi connectivity index (χ2n) is 4.14. The van der Waals surface area contributed by atoms with E-state index in [0.29, 0.717) is 0 Å². The number of hydrogen-bond donors (Lipinski definition) is 1. The molecule has 1 heterocycles. The average Bonchev–Trinajstić information content (AvgIpc) is 2.34. The van der Waals surface area contributed by atoms with E-state index in [2.05, 4.69) is 0 Å². The van der Waals surface area contributed by atoms with E-state index in [4.69, 9.17) is 0 Å². The fourth-order valence-electron chi connectivity index (χ4n) is 1.90. The van der Waals surface area contributed by atoms with E-state index in [1.165, 1.54) is 11.6 Å². The molecule has 0 amide bonds. The van der Waals surface area contributed by atoms with Gasteiger partial charge in [-0.15, -0.1) is 0 Å². The quantitative estimate of drug-likeness (QED) is 0.877. The minimum Gasteiger partial charge on any atom is -0.503 e. The number of aromatic hydroxyl groups is 1. The zero-order valence-electron chi connectivity index (χ0n) is 9.71. The molecule has 1 aromatic carbocycles. The van der Waals surface area contributed by atoms with Gasteiger partial charge in [-0.05, 0) is 31.0 Å².